The molecule has 1 N–H and O–H groups in total. The summed E-state index contributed by atoms with van der Waals surface area (Å²) >= 11 is 5.98. The van der Waals surface area contributed by atoms with Gasteiger partial charge in [0, 0.05) is 29.2 Å². The molecular weight excluding hydrogens is 422 g/mol. The Balaban J connectivity index is 1.65. The Morgan fingerprint density at radius 1 is 1.03 bits per heavy atom. The third-order valence-electron chi connectivity index (χ3n) is 4.36. The smallest absolute Gasteiger partial charge is 0.322 e. The molecule has 0 saturated heterocycles. The average molecular weight is 434 g/mol. The van der Waals surface area contributed by atoms with Crippen molar-refractivity contribution in [1.82, 2.24) is 9.38 Å². The number of carbonyl (C=O) groups is 1. The fourth-order valence-corrected chi connectivity index (χ4v) is 3.17. The number of hydrogen-bond acceptors (Lipinski definition) is 2. The van der Waals surface area contributed by atoms with E-state index in [-0.39, 0.29) is 16.2 Å². The van der Waals surface area contributed by atoms with Crippen LogP contribution < -0.4 is 5.32 Å². The number of rotatable bonds is 3. The van der Waals surface area contributed by atoms with Crippen LogP contribution in [0.15, 0.2) is 67.0 Å². The van der Waals surface area contributed by atoms with Crippen molar-refractivity contribution in [2.45, 2.75) is 6.18 Å². The number of carbonyl (C=O) groups excluding carboxylic acids is 1. The van der Waals surface area contributed by atoms with Crippen molar-refractivity contribution in [3.8, 4) is 11.3 Å². The molecule has 30 heavy (non-hydrogen) atoms. The Bertz CT molecular complexity index is 1250. The lowest BCUT2D eigenvalue weighted by Gasteiger charge is -2.07. The number of halogens is 5. The SMILES string of the molecule is O=C(Nc1cccc(-c2cn3cc(C(F)(F)F)cc(Cl)c3n2)c1)c1ccc(F)cc1. The zero-order valence-corrected chi connectivity index (χ0v) is 15.8. The third-order valence-corrected chi connectivity index (χ3v) is 4.63. The minimum atomic E-state index is -4.53. The van der Waals surface area contributed by atoms with Gasteiger partial charge in [-0.2, -0.15) is 13.2 Å². The van der Waals surface area contributed by atoms with E-state index >= 15 is 0 Å². The van der Waals surface area contributed by atoms with Crippen LogP contribution in [0.1, 0.15) is 15.9 Å². The van der Waals surface area contributed by atoms with Crippen LogP contribution in [0.3, 0.4) is 0 Å². The fraction of sp³-hybridized carbons (Fsp3) is 0.0476. The molecule has 0 bridgehead atoms. The monoisotopic (exact) mass is 433 g/mol. The second kappa shape index (κ2) is 7.46. The summed E-state index contributed by atoms with van der Waals surface area (Å²) in [5.41, 5.74) is 0.973. The molecule has 0 fully saturated rings. The Morgan fingerprint density at radius 3 is 2.47 bits per heavy atom. The maximum atomic E-state index is 13.0. The van der Waals surface area contributed by atoms with E-state index in [1.54, 1.807) is 24.3 Å². The number of benzene rings is 2. The molecule has 2 aromatic heterocycles. The number of nitrogens with one attached hydrogen (secondary N) is 1. The number of alkyl halides is 3. The first kappa shape index (κ1) is 19.9. The van der Waals surface area contributed by atoms with E-state index in [1.165, 1.54) is 34.9 Å². The summed E-state index contributed by atoms with van der Waals surface area (Å²) < 4.78 is 53.3. The summed E-state index contributed by atoms with van der Waals surface area (Å²) in [5.74, 6) is -0.882. The normalized spacial score (nSPS) is 11.6. The van der Waals surface area contributed by atoms with Gasteiger partial charge >= 0.3 is 6.18 Å². The lowest BCUT2D eigenvalue weighted by atomic mass is 10.1. The van der Waals surface area contributed by atoms with Crippen molar-refractivity contribution in [2.75, 3.05) is 5.32 Å². The Morgan fingerprint density at radius 2 is 1.77 bits per heavy atom. The van der Waals surface area contributed by atoms with Gasteiger partial charge in [-0.05, 0) is 42.5 Å². The molecule has 0 atom stereocenters. The van der Waals surface area contributed by atoms with Crippen LogP contribution in [0.4, 0.5) is 23.2 Å². The maximum absolute atomic E-state index is 13.0. The van der Waals surface area contributed by atoms with Crippen molar-refractivity contribution in [2.24, 2.45) is 0 Å². The minimum absolute atomic E-state index is 0.128. The molecule has 1 amide bonds. The van der Waals surface area contributed by atoms with E-state index in [9.17, 15) is 22.4 Å². The number of nitrogens with zero attached hydrogens (tertiary/aromatic N) is 2. The van der Waals surface area contributed by atoms with Crippen LogP contribution in [0.5, 0.6) is 0 Å². The van der Waals surface area contributed by atoms with Gasteiger partial charge in [0.25, 0.3) is 5.91 Å². The fourth-order valence-electron chi connectivity index (χ4n) is 2.91. The molecule has 0 aliphatic rings. The van der Waals surface area contributed by atoms with Crippen LogP contribution in [0.25, 0.3) is 16.9 Å². The molecule has 0 aliphatic carbocycles. The van der Waals surface area contributed by atoms with Gasteiger partial charge in [0.05, 0.1) is 16.3 Å². The Hall–Kier alpha value is -3.39. The van der Waals surface area contributed by atoms with Gasteiger partial charge in [-0.3, -0.25) is 4.79 Å². The zero-order valence-electron chi connectivity index (χ0n) is 15.0. The second-order valence-corrected chi connectivity index (χ2v) is 6.88. The van der Waals surface area contributed by atoms with E-state index in [0.717, 1.165) is 12.3 Å². The number of fused-ring (bicyclic) bond motifs is 1. The van der Waals surface area contributed by atoms with Gasteiger partial charge in [-0.15, -0.1) is 0 Å². The minimum Gasteiger partial charge on any atom is -0.322 e. The van der Waals surface area contributed by atoms with Gasteiger partial charge in [0.2, 0.25) is 0 Å². The molecule has 0 unspecified atom stereocenters. The highest BCUT2D eigenvalue weighted by molar-refractivity contribution is 6.33. The van der Waals surface area contributed by atoms with E-state index in [0.29, 0.717) is 16.9 Å². The number of hydrogen-bond donors (Lipinski definition) is 1. The van der Waals surface area contributed by atoms with Crippen LogP contribution >= 0.6 is 11.6 Å². The van der Waals surface area contributed by atoms with E-state index in [4.69, 9.17) is 11.6 Å². The summed E-state index contributed by atoms with van der Waals surface area (Å²) in [7, 11) is 0. The molecule has 4 nitrogen and oxygen atoms in total. The molecule has 152 valence electrons. The Labute approximate surface area is 172 Å². The standard InChI is InChI=1S/C21H12ClF4N3O/c22-17-9-14(21(24,25)26)10-29-11-18(28-19(17)29)13-2-1-3-16(8-13)27-20(30)12-4-6-15(23)7-5-12/h1-11H,(H,27,30). The van der Waals surface area contributed by atoms with Crippen LogP contribution in [-0.2, 0) is 6.18 Å². The highest BCUT2D eigenvalue weighted by Crippen LogP contribution is 2.33. The quantitative estimate of drug-likeness (QED) is 0.399. The summed E-state index contributed by atoms with van der Waals surface area (Å²) in [5, 5.41) is 2.56. The largest absolute Gasteiger partial charge is 0.417 e. The molecule has 2 aromatic carbocycles. The second-order valence-electron chi connectivity index (χ2n) is 6.47. The first-order chi connectivity index (χ1) is 14.2. The Kier molecular flexibility index (Phi) is 4.95. The number of aromatic nitrogens is 2. The van der Waals surface area contributed by atoms with E-state index in [1.807, 2.05) is 0 Å². The topological polar surface area (TPSA) is 46.4 Å². The van der Waals surface area contributed by atoms with Crippen molar-refractivity contribution < 1.29 is 22.4 Å². The molecule has 0 spiro atoms. The summed E-state index contributed by atoms with van der Waals surface area (Å²) in [6, 6.07) is 12.6. The molecule has 4 aromatic rings. The number of pyridine rings is 1. The van der Waals surface area contributed by atoms with Gasteiger partial charge in [0.15, 0.2) is 5.65 Å². The predicted octanol–water partition coefficient (Wildman–Crippen LogP) is 6.06. The van der Waals surface area contributed by atoms with Crippen molar-refractivity contribution in [3.05, 3.63) is 89.0 Å². The number of imidazole rings is 1. The maximum Gasteiger partial charge on any atom is 0.417 e. The van der Waals surface area contributed by atoms with Crippen LogP contribution in [-0.4, -0.2) is 15.3 Å². The van der Waals surface area contributed by atoms with Crippen molar-refractivity contribution in [3.63, 3.8) is 0 Å². The number of amides is 1. The summed E-state index contributed by atoms with van der Waals surface area (Å²) in [6.45, 7) is 0. The lowest BCUT2D eigenvalue weighted by Crippen LogP contribution is -2.11. The van der Waals surface area contributed by atoms with E-state index in [2.05, 4.69) is 10.3 Å². The molecule has 0 aliphatic heterocycles. The van der Waals surface area contributed by atoms with Crippen LogP contribution in [0, 0.1) is 5.82 Å². The van der Waals surface area contributed by atoms with E-state index < -0.39 is 23.5 Å². The predicted molar refractivity (Wildman–Crippen MR) is 105 cm³/mol. The third kappa shape index (κ3) is 3.99. The number of anilines is 1. The molecule has 4 rings (SSSR count). The highest BCUT2D eigenvalue weighted by atomic mass is 35.5. The summed E-state index contributed by atoms with van der Waals surface area (Å²) in [4.78, 5) is 16.6. The highest BCUT2D eigenvalue weighted by Gasteiger charge is 2.32. The van der Waals surface area contributed by atoms with Crippen molar-refractivity contribution in [1.29, 1.82) is 0 Å². The zero-order chi connectivity index (χ0) is 21.5. The average Bonchev–Trinajstić information content (AvgIpc) is 3.13. The molecular formula is C21H12ClF4N3O. The molecule has 0 saturated carbocycles. The van der Waals surface area contributed by atoms with Crippen LogP contribution in [0.2, 0.25) is 5.02 Å². The van der Waals surface area contributed by atoms with Gasteiger partial charge < -0.3 is 9.72 Å². The first-order valence-electron chi connectivity index (χ1n) is 8.63. The molecule has 9 heteroatoms. The van der Waals surface area contributed by atoms with Gasteiger partial charge in [0.1, 0.15) is 5.82 Å². The van der Waals surface area contributed by atoms with Gasteiger partial charge in [-0.25, -0.2) is 9.37 Å². The summed E-state index contributed by atoms with van der Waals surface area (Å²) in [6.07, 6.45) is -2.19. The molecule has 2 heterocycles. The van der Waals surface area contributed by atoms with Crippen molar-refractivity contribution >= 4 is 28.8 Å². The first-order valence-corrected chi connectivity index (χ1v) is 9.01. The molecule has 0 radical (unpaired) electrons. The lowest BCUT2D eigenvalue weighted by molar-refractivity contribution is -0.137. The van der Waals surface area contributed by atoms with Gasteiger partial charge in [-0.1, -0.05) is 23.7 Å².